The Morgan fingerprint density at radius 1 is 1.07 bits per heavy atom. The standard InChI is InChI=1S/C22H26N4O3S/c1-28-18-8-7-16(15-19(18)29-2)21(27)23-9-10-25-11-13-26(14-12-25)22-24-17-5-3-4-6-20(17)30-22/h3-8,15H,9-14H2,1-2H3,(H,23,27). The fraction of sp³-hybridized carbons (Fsp3) is 0.364. The summed E-state index contributed by atoms with van der Waals surface area (Å²) in [4.78, 5) is 21.9. The number of nitrogens with zero attached hydrogens (tertiary/aromatic N) is 3. The fourth-order valence-electron chi connectivity index (χ4n) is 3.57. The molecular formula is C22H26N4O3S. The van der Waals surface area contributed by atoms with Gasteiger partial charge >= 0.3 is 0 Å². The van der Waals surface area contributed by atoms with Crippen LogP contribution in [0.5, 0.6) is 11.5 Å². The molecule has 0 radical (unpaired) electrons. The van der Waals surface area contributed by atoms with Crippen molar-refractivity contribution in [3.63, 3.8) is 0 Å². The van der Waals surface area contributed by atoms with E-state index in [9.17, 15) is 4.79 Å². The quantitative estimate of drug-likeness (QED) is 0.627. The number of fused-ring (bicyclic) bond motifs is 1. The molecule has 1 aromatic heterocycles. The molecule has 0 atom stereocenters. The number of amides is 1. The largest absolute Gasteiger partial charge is 0.493 e. The SMILES string of the molecule is COc1ccc(C(=O)NCCN2CCN(c3nc4ccccc4s3)CC2)cc1OC. The molecule has 8 heteroatoms. The van der Waals surface area contributed by atoms with E-state index in [4.69, 9.17) is 14.5 Å². The van der Waals surface area contributed by atoms with Crippen molar-refractivity contribution in [1.82, 2.24) is 15.2 Å². The van der Waals surface area contributed by atoms with Crippen LogP contribution in [0.1, 0.15) is 10.4 Å². The number of rotatable bonds is 7. The number of nitrogens with one attached hydrogen (secondary N) is 1. The summed E-state index contributed by atoms with van der Waals surface area (Å²) < 4.78 is 11.7. The number of hydrogen-bond acceptors (Lipinski definition) is 7. The second-order valence-electron chi connectivity index (χ2n) is 7.12. The predicted molar refractivity (Wildman–Crippen MR) is 120 cm³/mol. The molecular weight excluding hydrogens is 400 g/mol. The van der Waals surface area contributed by atoms with Gasteiger partial charge in [-0.05, 0) is 30.3 Å². The minimum atomic E-state index is -0.107. The Labute approximate surface area is 180 Å². The molecule has 2 aromatic carbocycles. The van der Waals surface area contributed by atoms with Crippen LogP contribution in [0.4, 0.5) is 5.13 Å². The van der Waals surface area contributed by atoms with Crippen LogP contribution >= 0.6 is 11.3 Å². The number of thiazole rings is 1. The van der Waals surface area contributed by atoms with Gasteiger partial charge in [0.2, 0.25) is 0 Å². The predicted octanol–water partition coefficient (Wildman–Crippen LogP) is 2.87. The zero-order chi connectivity index (χ0) is 20.9. The Balaban J connectivity index is 1.24. The minimum Gasteiger partial charge on any atom is -0.493 e. The molecule has 1 saturated heterocycles. The van der Waals surface area contributed by atoms with Gasteiger partial charge in [-0.1, -0.05) is 23.5 Å². The first kappa shape index (κ1) is 20.4. The maximum atomic E-state index is 12.4. The number of anilines is 1. The van der Waals surface area contributed by atoms with E-state index in [1.165, 1.54) is 4.70 Å². The summed E-state index contributed by atoms with van der Waals surface area (Å²) in [6, 6.07) is 13.5. The highest BCUT2D eigenvalue weighted by molar-refractivity contribution is 7.22. The number of para-hydroxylation sites is 1. The molecule has 158 valence electrons. The van der Waals surface area contributed by atoms with E-state index in [1.807, 2.05) is 6.07 Å². The maximum Gasteiger partial charge on any atom is 0.251 e. The normalized spacial score (nSPS) is 14.7. The molecule has 2 heterocycles. The molecule has 4 rings (SSSR count). The van der Waals surface area contributed by atoms with Gasteiger partial charge in [0.25, 0.3) is 5.91 Å². The van der Waals surface area contributed by atoms with Crippen molar-refractivity contribution in [3.8, 4) is 11.5 Å². The van der Waals surface area contributed by atoms with E-state index in [2.05, 4.69) is 33.3 Å². The lowest BCUT2D eigenvalue weighted by Crippen LogP contribution is -2.48. The van der Waals surface area contributed by atoms with Gasteiger partial charge in [-0.3, -0.25) is 9.69 Å². The average Bonchev–Trinajstić information content (AvgIpc) is 3.23. The average molecular weight is 427 g/mol. The van der Waals surface area contributed by atoms with Gasteiger partial charge in [0.15, 0.2) is 16.6 Å². The first-order valence-electron chi connectivity index (χ1n) is 10.0. The number of aromatic nitrogens is 1. The monoisotopic (exact) mass is 426 g/mol. The van der Waals surface area contributed by atoms with E-state index < -0.39 is 0 Å². The van der Waals surface area contributed by atoms with Crippen LogP contribution in [0.3, 0.4) is 0 Å². The third-order valence-corrected chi connectivity index (χ3v) is 6.38. The Kier molecular flexibility index (Phi) is 6.35. The van der Waals surface area contributed by atoms with Gasteiger partial charge < -0.3 is 19.7 Å². The van der Waals surface area contributed by atoms with E-state index in [0.29, 0.717) is 23.6 Å². The molecule has 30 heavy (non-hydrogen) atoms. The molecule has 0 bridgehead atoms. The Hall–Kier alpha value is -2.84. The number of ether oxygens (including phenoxy) is 2. The molecule has 0 saturated carbocycles. The number of methoxy groups -OCH3 is 2. The van der Waals surface area contributed by atoms with Gasteiger partial charge in [-0.25, -0.2) is 4.98 Å². The van der Waals surface area contributed by atoms with Crippen molar-refractivity contribution >= 4 is 32.6 Å². The summed E-state index contributed by atoms with van der Waals surface area (Å²) >= 11 is 1.75. The van der Waals surface area contributed by atoms with Crippen LogP contribution in [0, 0.1) is 0 Å². The third kappa shape index (κ3) is 4.49. The van der Waals surface area contributed by atoms with Gasteiger partial charge in [-0.15, -0.1) is 0 Å². The molecule has 1 fully saturated rings. The first-order chi connectivity index (χ1) is 14.7. The summed E-state index contributed by atoms with van der Waals surface area (Å²) in [5, 5.41) is 4.09. The van der Waals surface area contributed by atoms with Crippen LogP contribution in [0.25, 0.3) is 10.2 Å². The lowest BCUT2D eigenvalue weighted by atomic mass is 10.2. The zero-order valence-electron chi connectivity index (χ0n) is 17.3. The highest BCUT2D eigenvalue weighted by Gasteiger charge is 2.20. The lowest BCUT2D eigenvalue weighted by Gasteiger charge is -2.34. The molecule has 1 aliphatic heterocycles. The van der Waals surface area contributed by atoms with Gasteiger partial charge in [0.05, 0.1) is 24.4 Å². The van der Waals surface area contributed by atoms with E-state index in [1.54, 1.807) is 43.8 Å². The number of hydrogen-bond donors (Lipinski definition) is 1. The molecule has 0 unspecified atom stereocenters. The van der Waals surface area contributed by atoms with Crippen molar-refractivity contribution in [1.29, 1.82) is 0 Å². The highest BCUT2D eigenvalue weighted by Crippen LogP contribution is 2.29. The van der Waals surface area contributed by atoms with E-state index >= 15 is 0 Å². The molecule has 7 nitrogen and oxygen atoms in total. The van der Waals surface area contributed by atoms with Gasteiger partial charge in [-0.2, -0.15) is 0 Å². The highest BCUT2D eigenvalue weighted by atomic mass is 32.1. The molecule has 0 aliphatic carbocycles. The fourth-order valence-corrected chi connectivity index (χ4v) is 4.58. The Morgan fingerprint density at radius 3 is 2.57 bits per heavy atom. The van der Waals surface area contributed by atoms with Gasteiger partial charge in [0, 0.05) is 44.8 Å². The van der Waals surface area contributed by atoms with Crippen molar-refractivity contribution in [2.45, 2.75) is 0 Å². The van der Waals surface area contributed by atoms with Crippen molar-refractivity contribution in [2.24, 2.45) is 0 Å². The van der Waals surface area contributed by atoms with Crippen LogP contribution in [0.2, 0.25) is 0 Å². The lowest BCUT2D eigenvalue weighted by molar-refractivity contribution is 0.0947. The molecule has 1 amide bonds. The molecule has 3 aromatic rings. The van der Waals surface area contributed by atoms with E-state index in [-0.39, 0.29) is 5.91 Å². The molecule has 1 N–H and O–H groups in total. The van der Waals surface area contributed by atoms with Gasteiger partial charge in [0.1, 0.15) is 0 Å². The first-order valence-corrected chi connectivity index (χ1v) is 10.8. The van der Waals surface area contributed by atoms with Crippen LogP contribution in [-0.4, -0.2) is 69.3 Å². The second-order valence-corrected chi connectivity index (χ2v) is 8.13. The van der Waals surface area contributed by atoms with E-state index in [0.717, 1.165) is 43.4 Å². The van der Waals surface area contributed by atoms with Crippen molar-refractivity contribution in [2.75, 3.05) is 58.4 Å². The summed E-state index contributed by atoms with van der Waals surface area (Å²) in [5.74, 6) is 1.06. The van der Waals surface area contributed by atoms with Crippen LogP contribution in [0.15, 0.2) is 42.5 Å². The second kappa shape index (κ2) is 9.32. The topological polar surface area (TPSA) is 66.9 Å². The van der Waals surface area contributed by atoms with Crippen LogP contribution in [-0.2, 0) is 0 Å². The summed E-state index contributed by atoms with van der Waals surface area (Å²) in [6.45, 7) is 5.25. The molecule has 1 aliphatic rings. The zero-order valence-corrected chi connectivity index (χ0v) is 18.1. The number of benzene rings is 2. The smallest absolute Gasteiger partial charge is 0.251 e. The Morgan fingerprint density at radius 2 is 1.83 bits per heavy atom. The third-order valence-electron chi connectivity index (χ3n) is 5.28. The maximum absolute atomic E-state index is 12.4. The summed E-state index contributed by atoms with van der Waals surface area (Å²) in [5.41, 5.74) is 1.63. The number of carbonyl (C=O) groups excluding carboxylic acids is 1. The summed E-state index contributed by atoms with van der Waals surface area (Å²) in [7, 11) is 3.14. The van der Waals surface area contributed by atoms with Crippen molar-refractivity contribution in [3.05, 3.63) is 48.0 Å². The number of piperazine rings is 1. The number of carbonyl (C=O) groups is 1. The van der Waals surface area contributed by atoms with Crippen LogP contribution < -0.4 is 19.7 Å². The summed E-state index contributed by atoms with van der Waals surface area (Å²) in [6.07, 6.45) is 0. The Bertz CT molecular complexity index is 982. The minimum absolute atomic E-state index is 0.107. The van der Waals surface area contributed by atoms with Crippen molar-refractivity contribution < 1.29 is 14.3 Å². The molecule has 0 spiro atoms.